The first-order valence-corrected chi connectivity index (χ1v) is 17.6. The number of piperidine rings is 1. The molecular weight excluding hydrogens is 600 g/mol. The van der Waals surface area contributed by atoms with Crippen molar-refractivity contribution in [1.82, 2.24) is 19.9 Å². The molecule has 3 aromatic rings. The molecule has 5 rings (SSSR count). The Balaban J connectivity index is 1.32. The van der Waals surface area contributed by atoms with Crippen LogP contribution in [0.25, 0.3) is 10.8 Å². The van der Waals surface area contributed by atoms with Gasteiger partial charge in [-0.15, -0.1) is 0 Å². The molecule has 0 amide bonds. The third-order valence-electron chi connectivity index (χ3n) is 8.88. The van der Waals surface area contributed by atoms with Gasteiger partial charge in [0, 0.05) is 55.4 Å². The first kappa shape index (κ1) is 33.2. The Morgan fingerprint density at radius 2 is 1.93 bits per heavy atom. The minimum atomic E-state index is -3.02. The molecule has 0 unspecified atom stereocenters. The normalized spacial score (nSPS) is 21.9. The Kier molecular flexibility index (Phi) is 9.81. The van der Waals surface area contributed by atoms with Crippen LogP contribution in [-0.4, -0.2) is 105 Å². The summed E-state index contributed by atoms with van der Waals surface area (Å²) in [4.78, 5) is 19.3. The zero-order chi connectivity index (χ0) is 32.5. The van der Waals surface area contributed by atoms with E-state index in [1.54, 1.807) is 12.3 Å². The first-order chi connectivity index (χ1) is 21.2. The molecule has 2 aliphatic heterocycles. The fourth-order valence-electron chi connectivity index (χ4n) is 6.15. The van der Waals surface area contributed by atoms with Gasteiger partial charge in [-0.05, 0) is 74.8 Å². The van der Waals surface area contributed by atoms with Crippen molar-refractivity contribution in [2.24, 2.45) is 5.92 Å². The van der Waals surface area contributed by atoms with Gasteiger partial charge in [-0.1, -0.05) is 19.9 Å². The van der Waals surface area contributed by atoms with E-state index in [0.717, 1.165) is 23.0 Å². The summed E-state index contributed by atoms with van der Waals surface area (Å²) in [6.45, 7) is 7.94. The van der Waals surface area contributed by atoms with Gasteiger partial charge in [-0.25, -0.2) is 27.2 Å². The number of sulfone groups is 1. The lowest BCUT2D eigenvalue weighted by Crippen LogP contribution is -2.55. The monoisotopic (exact) mass is 645 g/mol. The molecule has 10 nitrogen and oxygen atoms in total. The topological polar surface area (TPSA) is 104 Å². The SMILES string of the molecule is CC(C)c1ccc(N2C[C@H](CCS(C)(=O)=O)[C@H]2C)c2cnc(Nc3ccnc(N4CC[C@@H](OCCN(C)C)C(F)(F)C4)n3)cc12. The van der Waals surface area contributed by atoms with Gasteiger partial charge in [-0.2, -0.15) is 4.98 Å². The third-order valence-corrected chi connectivity index (χ3v) is 9.86. The number of alkyl halides is 2. The summed E-state index contributed by atoms with van der Waals surface area (Å²) in [6.07, 6.45) is 4.42. The maximum Gasteiger partial charge on any atom is 0.290 e. The van der Waals surface area contributed by atoms with Crippen LogP contribution in [0.3, 0.4) is 0 Å². The molecule has 246 valence electrons. The quantitative estimate of drug-likeness (QED) is 0.291. The van der Waals surface area contributed by atoms with E-state index < -0.39 is 28.4 Å². The van der Waals surface area contributed by atoms with Crippen LogP contribution in [-0.2, 0) is 14.6 Å². The van der Waals surface area contributed by atoms with Crippen LogP contribution in [0.4, 0.5) is 32.1 Å². The van der Waals surface area contributed by atoms with E-state index in [-0.39, 0.29) is 36.7 Å². The van der Waals surface area contributed by atoms with E-state index in [9.17, 15) is 17.2 Å². The zero-order valence-corrected chi connectivity index (χ0v) is 27.8. The van der Waals surface area contributed by atoms with Gasteiger partial charge < -0.3 is 24.8 Å². The summed E-state index contributed by atoms with van der Waals surface area (Å²) in [6, 6.07) is 8.21. The van der Waals surface area contributed by atoms with E-state index >= 15 is 0 Å². The van der Waals surface area contributed by atoms with Crippen molar-refractivity contribution in [3.8, 4) is 0 Å². The molecule has 0 bridgehead atoms. The second-order valence-electron chi connectivity index (χ2n) is 13.0. The molecule has 45 heavy (non-hydrogen) atoms. The minimum Gasteiger partial charge on any atom is -0.370 e. The highest BCUT2D eigenvalue weighted by molar-refractivity contribution is 7.90. The number of anilines is 4. The average Bonchev–Trinajstić information content (AvgIpc) is 2.96. The lowest BCUT2D eigenvalue weighted by molar-refractivity contribution is -0.144. The number of halogens is 2. The molecule has 1 aromatic carbocycles. The molecule has 0 aliphatic carbocycles. The Labute approximate surface area is 265 Å². The average molecular weight is 646 g/mol. The zero-order valence-electron chi connectivity index (χ0n) is 27.0. The van der Waals surface area contributed by atoms with Crippen LogP contribution in [0, 0.1) is 5.92 Å². The van der Waals surface area contributed by atoms with E-state index in [1.807, 2.05) is 31.3 Å². The third kappa shape index (κ3) is 7.81. The molecule has 0 spiro atoms. The highest BCUT2D eigenvalue weighted by Crippen LogP contribution is 2.40. The van der Waals surface area contributed by atoms with Gasteiger partial charge in [0.15, 0.2) is 0 Å². The number of fused-ring (bicyclic) bond motifs is 1. The largest absolute Gasteiger partial charge is 0.370 e. The highest BCUT2D eigenvalue weighted by atomic mass is 32.2. The van der Waals surface area contributed by atoms with Crippen molar-refractivity contribution in [2.75, 3.05) is 74.0 Å². The second kappa shape index (κ2) is 13.3. The Morgan fingerprint density at radius 1 is 1.16 bits per heavy atom. The summed E-state index contributed by atoms with van der Waals surface area (Å²) >= 11 is 0. The number of likely N-dealkylation sites (N-methyl/N-ethyl adjacent to an activating group) is 1. The first-order valence-electron chi connectivity index (χ1n) is 15.6. The van der Waals surface area contributed by atoms with E-state index in [0.29, 0.717) is 37.1 Å². The summed E-state index contributed by atoms with van der Waals surface area (Å²) < 4.78 is 58.9. The predicted octanol–water partition coefficient (Wildman–Crippen LogP) is 4.94. The number of rotatable bonds is 12. The van der Waals surface area contributed by atoms with Gasteiger partial charge in [0.2, 0.25) is 5.95 Å². The molecule has 1 N–H and O–H groups in total. The number of nitrogens with zero attached hydrogens (tertiary/aromatic N) is 6. The molecular formula is C32H45F2N7O3S. The molecule has 2 fully saturated rings. The van der Waals surface area contributed by atoms with Gasteiger partial charge >= 0.3 is 0 Å². The van der Waals surface area contributed by atoms with Crippen LogP contribution in [0.15, 0.2) is 36.7 Å². The van der Waals surface area contributed by atoms with Crippen molar-refractivity contribution in [1.29, 1.82) is 0 Å². The number of nitrogens with one attached hydrogen (secondary N) is 1. The van der Waals surface area contributed by atoms with Gasteiger partial charge in [0.1, 0.15) is 27.6 Å². The van der Waals surface area contributed by atoms with Crippen LogP contribution >= 0.6 is 0 Å². The van der Waals surface area contributed by atoms with Gasteiger partial charge in [-0.3, -0.25) is 0 Å². The molecule has 0 saturated carbocycles. The summed E-state index contributed by atoms with van der Waals surface area (Å²) in [5, 5.41) is 5.35. The van der Waals surface area contributed by atoms with Crippen molar-refractivity contribution in [2.45, 2.75) is 57.6 Å². The standard InChI is InChI=1S/C32H45F2N7O3S/c1-21(2)24-7-8-27(41-19-23(22(41)3)11-16-45(6,42)43)26-18-36-30(17-25(24)26)37-29-9-12-35-31(38-29)40-13-10-28(32(33,34)20-40)44-15-14-39(4)5/h7-9,12,17-18,21-23,28H,10-11,13-16,19-20H2,1-6H3,(H,35,36,37,38)/t22-,23+,28-/m1/s1. The molecule has 0 radical (unpaired) electrons. The Bertz CT molecular complexity index is 1600. The molecule has 2 aromatic heterocycles. The Morgan fingerprint density at radius 3 is 2.60 bits per heavy atom. The molecule has 2 aliphatic rings. The van der Waals surface area contributed by atoms with Crippen LogP contribution in [0.5, 0.6) is 0 Å². The number of ether oxygens (including phenoxy) is 1. The van der Waals surface area contributed by atoms with Crippen LogP contribution in [0.1, 0.15) is 45.1 Å². The number of hydrogen-bond acceptors (Lipinski definition) is 10. The Hall–Kier alpha value is -3.16. The maximum absolute atomic E-state index is 15.0. The highest BCUT2D eigenvalue weighted by Gasteiger charge is 2.46. The van der Waals surface area contributed by atoms with Crippen molar-refractivity contribution >= 4 is 43.9 Å². The minimum absolute atomic E-state index is 0.183. The number of benzene rings is 1. The fourth-order valence-corrected chi connectivity index (χ4v) is 6.88. The fraction of sp³-hybridized carbons (Fsp3) is 0.594. The molecule has 2 saturated heterocycles. The summed E-state index contributed by atoms with van der Waals surface area (Å²) in [7, 11) is 0.772. The van der Waals surface area contributed by atoms with E-state index in [4.69, 9.17) is 9.72 Å². The van der Waals surface area contributed by atoms with Crippen molar-refractivity contribution in [3.05, 3.63) is 42.2 Å². The predicted molar refractivity (Wildman–Crippen MR) is 176 cm³/mol. The lowest BCUT2D eigenvalue weighted by Gasteiger charge is -2.48. The van der Waals surface area contributed by atoms with Gasteiger partial charge in [0.25, 0.3) is 5.92 Å². The van der Waals surface area contributed by atoms with E-state index in [2.05, 4.69) is 53.1 Å². The molecule has 4 heterocycles. The number of aromatic nitrogens is 3. The second-order valence-corrected chi connectivity index (χ2v) is 15.3. The number of hydrogen-bond donors (Lipinski definition) is 1. The number of pyridine rings is 1. The van der Waals surface area contributed by atoms with Crippen LogP contribution in [0.2, 0.25) is 0 Å². The van der Waals surface area contributed by atoms with E-state index in [1.165, 1.54) is 16.7 Å². The molecule has 13 heteroatoms. The van der Waals surface area contributed by atoms with Gasteiger partial charge in [0.05, 0.1) is 18.9 Å². The smallest absolute Gasteiger partial charge is 0.290 e. The summed E-state index contributed by atoms with van der Waals surface area (Å²) in [5.41, 5.74) is 2.26. The molecule has 3 atom stereocenters. The summed E-state index contributed by atoms with van der Waals surface area (Å²) in [5.74, 6) is -0.939. The maximum atomic E-state index is 15.0. The lowest BCUT2D eigenvalue weighted by atomic mass is 9.85. The van der Waals surface area contributed by atoms with Crippen molar-refractivity contribution in [3.63, 3.8) is 0 Å². The van der Waals surface area contributed by atoms with Crippen LogP contribution < -0.4 is 15.1 Å². The van der Waals surface area contributed by atoms with Crippen molar-refractivity contribution < 1.29 is 21.9 Å².